The van der Waals surface area contributed by atoms with Crippen molar-refractivity contribution in [2.75, 3.05) is 7.11 Å². The molecule has 9 heteroatoms. The van der Waals surface area contributed by atoms with Gasteiger partial charge in [-0.1, -0.05) is 6.07 Å². The molecule has 2 aromatic rings. The Balaban J connectivity index is 1.72. The molecule has 35 heavy (non-hydrogen) atoms. The summed E-state index contributed by atoms with van der Waals surface area (Å²) >= 11 is 0. The lowest BCUT2D eigenvalue weighted by atomic mass is 9.60. The van der Waals surface area contributed by atoms with Gasteiger partial charge in [0.2, 0.25) is 5.78 Å². The number of aromatic nitrogens is 1. The van der Waals surface area contributed by atoms with Crippen molar-refractivity contribution >= 4 is 17.5 Å². The maximum Gasteiger partial charge on any atom is 0.255 e. The number of pyridine rings is 1. The summed E-state index contributed by atoms with van der Waals surface area (Å²) in [7, 11) is 1.20. The molecule has 1 amide bonds. The van der Waals surface area contributed by atoms with Crippen molar-refractivity contribution in [2.45, 2.75) is 31.8 Å². The smallest absolute Gasteiger partial charge is 0.255 e. The molecule has 0 bridgehead atoms. The standard InChI is InChI=1S/C26H24N2O7/c1-11-4-3-7-28-21(11)14-5-6-16(29)19-15(14)9-12-8-13-10-17(30)20(25(27)34)24(33)26(13,35-2)23(32)18(12)22(19)31/h3-7,12-13,29-30,32H,8-10H2,1-2H3,(H2,27,34)/t12-,13+,26+/m1/s1. The summed E-state index contributed by atoms with van der Waals surface area (Å²) in [5.41, 5.74) is 5.51. The zero-order valence-corrected chi connectivity index (χ0v) is 19.2. The molecule has 3 atom stereocenters. The van der Waals surface area contributed by atoms with Gasteiger partial charge < -0.3 is 25.8 Å². The van der Waals surface area contributed by atoms with Crippen LogP contribution in [0.1, 0.15) is 34.3 Å². The average Bonchev–Trinajstić information content (AvgIpc) is 2.79. The molecule has 1 aromatic heterocycles. The van der Waals surface area contributed by atoms with Gasteiger partial charge in [-0.05, 0) is 55.0 Å². The Morgan fingerprint density at radius 1 is 1.17 bits per heavy atom. The number of allylic oxidation sites excluding steroid dienone is 2. The molecular weight excluding hydrogens is 452 g/mol. The number of rotatable bonds is 3. The highest BCUT2D eigenvalue weighted by Crippen LogP contribution is 2.53. The lowest BCUT2D eigenvalue weighted by Gasteiger charge is -2.47. The molecule has 3 aliphatic carbocycles. The van der Waals surface area contributed by atoms with Gasteiger partial charge in [0.25, 0.3) is 5.91 Å². The predicted molar refractivity (Wildman–Crippen MR) is 124 cm³/mol. The molecule has 0 saturated heterocycles. The number of amides is 1. The van der Waals surface area contributed by atoms with Crippen LogP contribution in [0.2, 0.25) is 0 Å². The van der Waals surface area contributed by atoms with Crippen molar-refractivity contribution in [3.05, 3.63) is 69.8 Å². The summed E-state index contributed by atoms with van der Waals surface area (Å²) in [6, 6.07) is 6.83. The van der Waals surface area contributed by atoms with Crippen LogP contribution in [0.3, 0.4) is 0 Å². The third-order valence-electron chi connectivity index (χ3n) is 7.50. The number of methoxy groups -OCH3 is 1. The number of primary amides is 1. The number of nitrogens with two attached hydrogens (primary N) is 1. The minimum Gasteiger partial charge on any atom is -0.511 e. The highest BCUT2D eigenvalue weighted by molar-refractivity contribution is 6.24. The van der Waals surface area contributed by atoms with Crippen LogP contribution in [0.25, 0.3) is 11.3 Å². The molecule has 0 unspecified atom stereocenters. The Morgan fingerprint density at radius 3 is 2.57 bits per heavy atom. The predicted octanol–water partition coefficient (Wildman–Crippen LogP) is 2.61. The fraction of sp³-hybridized carbons (Fsp3) is 0.308. The largest absolute Gasteiger partial charge is 0.511 e. The molecule has 0 spiro atoms. The van der Waals surface area contributed by atoms with Crippen LogP contribution in [-0.4, -0.2) is 50.5 Å². The number of carbonyl (C=O) groups is 3. The SMILES string of the molecule is CO[C@@]12C(=O)C(C(N)=O)=C(O)C[C@@H]1C[C@@H]1Cc3c(-c4ncccc4C)ccc(O)c3C(=O)C1=C2O. The van der Waals surface area contributed by atoms with E-state index in [9.17, 15) is 29.7 Å². The van der Waals surface area contributed by atoms with Crippen molar-refractivity contribution in [2.24, 2.45) is 17.6 Å². The first-order valence-corrected chi connectivity index (χ1v) is 11.2. The molecule has 0 radical (unpaired) electrons. The zero-order chi connectivity index (χ0) is 25.2. The van der Waals surface area contributed by atoms with Crippen LogP contribution in [0.4, 0.5) is 0 Å². The minimum atomic E-state index is -2.03. The number of hydrogen-bond donors (Lipinski definition) is 4. The Kier molecular flexibility index (Phi) is 5.06. The van der Waals surface area contributed by atoms with E-state index in [0.717, 1.165) is 5.56 Å². The van der Waals surface area contributed by atoms with Crippen molar-refractivity contribution in [1.29, 1.82) is 0 Å². The van der Waals surface area contributed by atoms with E-state index in [1.165, 1.54) is 13.2 Å². The third kappa shape index (κ3) is 2.97. The number of benzene rings is 1. The second kappa shape index (κ2) is 7.78. The number of ketones is 2. The average molecular weight is 476 g/mol. The normalized spacial score (nSPS) is 25.8. The fourth-order valence-electron chi connectivity index (χ4n) is 5.95. The first-order valence-electron chi connectivity index (χ1n) is 11.2. The van der Waals surface area contributed by atoms with Gasteiger partial charge in [0, 0.05) is 36.8 Å². The van der Waals surface area contributed by atoms with E-state index in [4.69, 9.17) is 10.5 Å². The first kappa shape index (κ1) is 22.8. The number of ether oxygens (including phenoxy) is 1. The monoisotopic (exact) mass is 476 g/mol. The van der Waals surface area contributed by atoms with Gasteiger partial charge in [-0.15, -0.1) is 0 Å². The lowest BCUT2D eigenvalue weighted by molar-refractivity contribution is -0.149. The molecule has 180 valence electrons. The number of aromatic hydroxyl groups is 1. The van der Waals surface area contributed by atoms with Gasteiger partial charge in [-0.3, -0.25) is 19.4 Å². The van der Waals surface area contributed by atoms with E-state index in [1.54, 1.807) is 12.3 Å². The third-order valence-corrected chi connectivity index (χ3v) is 7.50. The fourth-order valence-corrected chi connectivity index (χ4v) is 5.95. The van der Waals surface area contributed by atoms with E-state index >= 15 is 0 Å². The molecule has 1 heterocycles. The van der Waals surface area contributed by atoms with Crippen LogP contribution in [0.15, 0.2) is 53.1 Å². The van der Waals surface area contributed by atoms with Crippen LogP contribution in [-0.2, 0) is 20.7 Å². The summed E-state index contributed by atoms with van der Waals surface area (Å²) < 4.78 is 5.53. The number of aliphatic hydroxyl groups excluding tert-OH is 2. The number of fused-ring (bicyclic) bond motifs is 3. The molecule has 0 saturated carbocycles. The van der Waals surface area contributed by atoms with Crippen LogP contribution < -0.4 is 5.73 Å². The second-order valence-corrected chi connectivity index (χ2v) is 9.24. The molecule has 9 nitrogen and oxygen atoms in total. The highest BCUT2D eigenvalue weighted by Gasteiger charge is 2.61. The van der Waals surface area contributed by atoms with E-state index in [0.29, 0.717) is 16.8 Å². The van der Waals surface area contributed by atoms with Crippen molar-refractivity contribution in [1.82, 2.24) is 4.98 Å². The van der Waals surface area contributed by atoms with Gasteiger partial charge in [-0.2, -0.15) is 0 Å². The quantitative estimate of drug-likeness (QED) is 0.492. The van der Waals surface area contributed by atoms with Crippen LogP contribution >= 0.6 is 0 Å². The van der Waals surface area contributed by atoms with Crippen LogP contribution in [0, 0.1) is 18.8 Å². The van der Waals surface area contributed by atoms with E-state index in [2.05, 4.69) is 4.98 Å². The van der Waals surface area contributed by atoms with Crippen molar-refractivity contribution in [3.8, 4) is 17.0 Å². The molecule has 0 aliphatic heterocycles. The number of aryl methyl sites for hydroxylation is 1. The number of aliphatic hydroxyl groups is 2. The number of hydrogen-bond acceptors (Lipinski definition) is 8. The second-order valence-electron chi connectivity index (χ2n) is 9.24. The zero-order valence-electron chi connectivity index (χ0n) is 19.2. The number of phenols is 1. The molecular formula is C26H24N2O7. The van der Waals surface area contributed by atoms with Gasteiger partial charge in [0.15, 0.2) is 11.4 Å². The maximum absolute atomic E-state index is 13.8. The topological polar surface area (TPSA) is 160 Å². The molecule has 1 aromatic carbocycles. The van der Waals surface area contributed by atoms with Gasteiger partial charge in [0.05, 0.1) is 11.3 Å². The summed E-state index contributed by atoms with van der Waals surface area (Å²) in [4.78, 5) is 43.4. The van der Waals surface area contributed by atoms with Gasteiger partial charge in [0.1, 0.15) is 22.8 Å². The molecule has 0 fully saturated rings. The molecule has 5 rings (SSSR count). The summed E-state index contributed by atoms with van der Waals surface area (Å²) in [5, 5.41) is 32.4. The van der Waals surface area contributed by atoms with E-state index < -0.39 is 52.0 Å². The lowest BCUT2D eigenvalue weighted by Crippen LogP contribution is -2.58. The highest BCUT2D eigenvalue weighted by atomic mass is 16.5. The first-order chi connectivity index (χ1) is 16.6. The maximum atomic E-state index is 13.8. The Bertz CT molecular complexity index is 1390. The molecule has 3 aliphatic rings. The Hall–Kier alpha value is -3.98. The van der Waals surface area contributed by atoms with E-state index in [-0.39, 0.29) is 36.1 Å². The van der Waals surface area contributed by atoms with Crippen molar-refractivity contribution < 1.29 is 34.4 Å². The number of phenolic OH excluding ortho intramolecular Hbond substituents is 1. The Morgan fingerprint density at radius 2 is 1.91 bits per heavy atom. The number of Topliss-reactive ketones (excluding diaryl/α,β-unsaturated/α-hetero) is 2. The Labute approximate surface area is 200 Å². The summed E-state index contributed by atoms with van der Waals surface area (Å²) in [5.74, 6) is -5.30. The minimum absolute atomic E-state index is 0.0341. The van der Waals surface area contributed by atoms with Crippen molar-refractivity contribution in [3.63, 3.8) is 0 Å². The van der Waals surface area contributed by atoms with Crippen LogP contribution in [0.5, 0.6) is 5.75 Å². The van der Waals surface area contributed by atoms with E-state index in [1.807, 2.05) is 19.1 Å². The number of carbonyl (C=O) groups excluding carboxylic acids is 3. The van der Waals surface area contributed by atoms with Gasteiger partial charge >= 0.3 is 0 Å². The summed E-state index contributed by atoms with van der Waals surface area (Å²) in [6.45, 7) is 1.90. The summed E-state index contributed by atoms with van der Waals surface area (Å²) in [6.07, 6.45) is 2.03. The van der Waals surface area contributed by atoms with Gasteiger partial charge in [-0.25, -0.2) is 0 Å². The molecule has 5 N–H and O–H groups in total. The number of nitrogens with zero attached hydrogens (tertiary/aromatic N) is 1.